The molecule has 0 radical (unpaired) electrons. The lowest BCUT2D eigenvalue weighted by Gasteiger charge is -2.18. The molecule has 2 aromatic carbocycles. The van der Waals surface area contributed by atoms with Crippen LogP contribution >= 0.6 is 0 Å². The van der Waals surface area contributed by atoms with Crippen LogP contribution in [0.15, 0.2) is 47.3 Å². The molecule has 8 nitrogen and oxygen atoms in total. The van der Waals surface area contributed by atoms with Gasteiger partial charge in [0, 0.05) is 23.6 Å². The molecular weight excluding hydrogens is 420 g/mol. The highest BCUT2D eigenvalue weighted by Crippen LogP contribution is 2.24. The van der Waals surface area contributed by atoms with Crippen LogP contribution in [-0.4, -0.2) is 56.1 Å². The Balaban J connectivity index is 1.98. The van der Waals surface area contributed by atoms with Crippen molar-refractivity contribution in [3.8, 4) is 17.2 Å². The number of aromatic nitrogens is 2. The fraction of sp³-hybridized carbons (Fsp3) is 0.400. The molecule has 176 valence electrons. The normalized spacial score (nSPS) is 11.1. The van der Waals surface area contributed by atoms with Crippen molar-refractivity contribution in [1.29, 1.82) is 0 Å². The minimum absolute atomic E-state index is 0.208. The van der Waals surface area contributed by atoms with E-state index in [1.54, 1.807) is 42.5 Å². The molecule has 0 bridgehead atoms. The highest BCUT2D eigenvalue weighted by Gasteiger charge is 2.18. The zero-order valence-electron chi connectivity index (χ0n) is 19.8. The van der Waals surface area contributed by atoms with Gasteiger partial charge < -0.3 is 19.7 Å². The zero-order chi connectivity index (χ0) is 23.8. The molecule has 0 saturated carbocycles. The van der Waals surface area contributed by atoms with E-state index in [2.05, 4.69) is 24.3 Å². The van der Waals surface area contributed by atoms with Gasteiger partial charge in [-0.1, -0.05) is 32.0 Å². The number of methoxy groups -OCH3 is 2. The summed E-state index contributed by atoms with van der Waals surface area (Å²) < 4.78 is 11.9. The van der Waals surface area contributed by atoms with Crippen LogP contribution in [0.5, 0.6) is 11.5 Å². The fourth-order valence-electron chi connectivity index (χ4n) is 3.97. The predicted molar refractivity (Wildman–Crippen MR) is 129 cm³/mol. The quantitative estimate of drug-likeness (QED) is 0.463. The Kier molecular flexibility index (Phi) is 8.43. The predicted octanol–water partition coefficient (Wildman–Crippen LogP) is 1.84. The first-order valence-electron chi connectivity index (χ1n) is 11.4. The lowest BCUT2D eigenvalue weighted by molar-refractivity contribution is -0.898. The Labute approximate surface area is 194 Å². The number of amides is 1. The average molecular weight is 454 g/mol. The molecule has 1 heterocycles. The number of carbonyl (C=O) groups is 1. The lowest BCUT2D eigenvalue weighted by Crippen LogP contribution is -3.12. The molecule has 0 atom stereocenters. The number of nitrogens with one attached hydrogen (secondary N) is 2. The van der Waals surface area contributed by atoms with Crippen molar-refractivity contribution in [1.82, 2.24) is 15.1 Å². The maximum absolute atomic E-state index is 13.2. The van der Waals surface area contributed by atoms with E-state index in [9.17, 15) is 9.59 Å². The molecule has 3 aromatic rings. The molecule has 33 heavy (non-hydrogen) atoms. The minimum atomic E-state index is -0.320. The average Bonchev–Trinajstić information content (AvgIpc) is 2.84. The summed E-state index contributed by atoms with van der Waals surface area (Å²) >= 11 is 0. The summed E-state index contributed by atoms with van der Waals surface area (Å²) in [5.41, 5.74) is 0.344. The van der Waals surface area contributed by atoms with Gasteiger partial charge in [0.2, 0.25) is 0 Å². The standard InChI is InChI=1S/C25H32N4O4/c1-5-12-28(13-6-2)14-11-26-24(30)23-21-9-7-8-10-22(21)25(31)29(27-23)18-15-19(32-3)17-20(16-18)33-4/h7-10,15-17H,5-6,11-14H2,1-4H3,(H,26,30)/p+1. The van der Waals surface area contributed by atoms with Crippen molar-refractivity contribution < 1.29 is 19.2 Å². The van der Waals surface area contributed by atoms with E-state index >= 15 is 0 Å². The van der Waals surface area contributed by atoms with Crippen molar-refractivity contribution in [3.05, 3.63) is 58.5 Å². The first kappa shape index (κ1) is 24.3. The summed E-state index contributed by atoms with van der Waals surface area (Å²) in [7, 11) is 3.08. The number of ether oxygens (including phenoxy) is 2. The Hall–Kier alpha value is -3.39. The molecule has 0 unspecified atom stereocenters. The minimum Gasteiger partial charge on any atom is -0.497 e. The number of quaternary nitrogens is 1. The summed E-state index contributed by atoms with van der Waals surface area (Å²) in [6.45, 7) is 7.87. The number of carbonyl (C=O) groups excluding carboxylic acids is 1. The Morgan fingerprint density at radius 1 is 0.970 bits per heavy atom. The third kappa shape index (κ3) is 5.70. The first-order chi connectivity index (χ1) is 16.0. The van der Waals surface area contributed by atoms with Gasteiger partial charge in [0.1, 0.15) is 11.5 Å². The Morgan fingerprint density at radius 3 is 2.15 bits per heavy atom. The van der Waals surface area contributed by atoms with Crippen LogP contribution in [0.1, 0.15) is 37.2 Å². The molecule has 0 aliphatic carbocycles. The van der Waals surface area contributed by atoms with Gasteiger partial charge in [-0.2, -0.15) is 9.78 Å². The summed E-state index contributed by atoms with van der Waals surface area (Å²) in [6, 6.07) is 12.1. The van der Waals surface area contributed by atoms with Crippen molar-refractivity contribution in [2.24, 2.45) is 0 Å². The third-order valence-electron chi connectivity index (χ3n) is 5.57. The second kappa shape index (κ2) is 11.5. The summed E-state index contributed by atoms with van der Waals surface area (Å²) in [5, 5.41) is 8.41. The molecule has 0 saturated heterocycles. The van der Waals surface area contributed by atoms with Crippen LogP contribution in [-0.2, 0) is 0 Å². The van der Waals surface area contributed by atoms with Gasteiger partial charge in [0.05, 0.1) is 51.5 Å². The number of nitrogens with zero attached hydrogens (tertiary/aromatic N) is 2. The number of benzene rings is 2. The lowest BCUT2D eigenvalue weighted by atomic mass is 10.1. The van der Waals surface area contributed by atoms with Gasteiger partial charge >= 0.3 is 0 Å². The Morgan fingerprint density at radius 2 is 1.58 bits per heavy atom. The van der Waals surface area contributed by atoms with Crippen LogP contribution < -0.4 is 25.2 Å². The van der Waals surface area contributed by atoms with E-state index in [0.29, 0.717) is 34.5 Å². The number of rotatable bonds is 11. The summed E-state index contributed by atoms with van der Waals surface area (Å²) in [4.78, 5) is 27.8. The van der Waals surface area contributed by atoms with E-state index < -0.39 is 0 Å². The first-order valence-corrected chi connectivity index (χ1v) is 11.4. The molecule has 0 spiro atoms. The number of hydrogen-bond donors (Lipinski definition) is 2. The Bertz CT molecular complexity index is 1130. The molecule has 3 rings (SSSR count). The molecule has 2 N–H and O–H groups in total. The highest BCUT2D eigenvalue weighted by molar-refractivity contribution is 6.04. The molecule has 1 amide bonds. The molecule has 0 aliphatic rings. The van der Waals surface area contributed by atoms with E-state index in [1.807, 2.05) is 0 Å². The van der Waals surface area contributed by atoms with Crippen molar-refractivity contribution >= 4 is 16.7 Å². The fourth-order valence-corrected chi connectivity index (χ4v) is 3.97. The van der Waals surface area contributed by atoms with Gasteiger partial charge in [0.25, 0.3) is 11.5 Å². The summed E-state index contributed by atoms with van der Waals surface area (Å²) in [5.74, 6) is 0.737. The van der Waals surface area contributed by atoms with E-state index in [0.717, 1.165) is 32.5 Å². The van der Waals surface area contributed by atoms with Crippen LogP contribution in [0, 0.1) is 0 Å². The third-order valence-corrected chi connectivity index (χ3v) is 5.57. The van der Waals surface area contributed by atoms with Crippen LogP contribution in [0.4, 0.5) is 0 Å². The van der Waals surface area contributed by atoms with Gasteiger partial charge in [-0.05, 0) is 18.9 Å². The maximum atomic E-state index is 13.2. The number of fused-ring (bicyclic) bond motifs is 1. The molecule has 0 aliphatic heterocycles. The van der Waals surface area contributed by atoms with Gasteiger partial charge in [-0.25, -0.2) is 0 Å². The van der Waals surface area contributed by atoms with Crippen LogP contribution in [0.25, 0.3) is 16.5 Å². The molecular formula is C25H33N4O4+. The van der Waals surface area contributed by atoms with E-state index in [-0.39, 0.29) is 17.2 Å². The van der Waals surface area contributed by atoms with Gasteiger partial charge in [-0.15, -0.1) is 0 Å². The van der Waals surface area contributed by atoms with Gasteiger partial charge in [0.15, 0.2) is 5.69 Å². The largest absolute Gasteiger partial charge is 0.497 e. The van der Waals surface area contributed by atoms with Crippen molar-refractivity contribution in [2.75, 3.05) is 40.4 Å². The van der Waals surface area contributed by atoms with Crippen LogP contribution in [0.3, 0.4) is 0 Å². The SMILES string of the molecule is CCC[NH+](CCC)CCNC(=O)c1nn(-c2cc(OC)cc(OC)c2)c(=O)c2ccccc12. The number of hydrogen-bond acceptors (Lipinski definition) is 5. The van der Waals surface area contributed by atoms with Crippen molar-refractivity contribution in [3.63, 3.8) is 0 Å². The molecule has 8 heteroatoms. The topological polar surface area (TPSA) is 86.9 Å². The smallest absolute Gasteiger partial charge is 0.279 e. The zero-order valence-corrected chi connectivity index (χ0v) is 19.8. The second-order valence-corrected chi connectivity index (χ2v) is 7.94. The monoisotopic (exact) mass is 453 g/mol. The van der Waals surface area contributed by atoms with E-state index in [1.165, 1.54) is 23.8 Å². The second-order valence-electron chi connectivity index (χ2n) is 7.94. The summed E-state index contributed by atoms with van der Waals surface area (Å²) in [6.07, 6.45) is 2.20. The van der Waals surface area contributed by atoms with Crippen molar-refractivity contribution in [2.45, 2.75) is 26.7 Å². The molecule has 1 aromatic heterocycles. The molecule has 0 fully saturated rings. The van der Waals surface area contributed by atoms with Gasteiger partial charge in [-0.3, -0.25) is 9.59 Å². The maximum Gasteiger partial charge on any atom is 0.279 e. The highest BCUT2D eigenvalue weighted by atomic mass is 16.5. The van der Waals surface area contributed by atoms with Crippen LogP contribution in [0.2, 0.25) is 0 Å². The van der Waals surface area contributed by atoms with E-state index in [4.69, 9.17) is 9.47 Å².